The molecule has 4 heteroatoms. The molecule has 2 aromatic rings. The molecule has 3 rings (SSSR count). The highest BCUT2D eigenvalue weighted by atomic mass is 16.2. The Bertz CT molecular complexity index is 728. The van der Waals surface area contributed by atoms with Gasteiger partial charge in [0.25, 0.3) is 5.91 Å². The number of hydrogen-bond donors (Lipinski definition) is 1. The molecule has 0 radical (unpaired) electrons. The van der Waals surface area contributed by atoms with Gasteiger partial charge in [0, 0.05) is 31.6 Å². The molecule has 0 unspecified atom stereocenters. The summed E-state index contributed by atoms with van der Waals surface area (Å²) < 4.78 is 0. The maximum absolute atomic E-state index is 12.3. The molecular formula is C21H24N2O2. The number of rotatable bonds is 7. The molecule has 0 aliphatic carbocycles. The normalized spacial score (nSPS) is 13.9. The van der Waals surface area contributed by atoms with Gasteiger partial charge >= 0.3 is 0 Å². The van der Waals surface area contributed by atoms with Crippen molar-refractivity contribution < 1.29 is 9.59 Å². The van der Waals surface area contributed by atoms with Crippen LogP contribution in [0.5, 0.6) is 0 Å². The molecule has 1 N–H and O–H groups in total. The van der Waals surface area contributed by atoms with Gasteiger partial charge in [0.15, 0.2) is 0 Å². The lowest BCUT2D eigenvalue weighted by atomic mass is 10.1. The van der Waals surface area contributed by atoms with Crippen LogP contribution in [0.4, 0.5) is 0 Å². The Morgan fingerprint density at radius 3 is 2.60 bits per heavy atom. The van der Waals surface area contributed by atoms with Gasteiger partial charge in [0.2, 0.25) is 5.91 Å². The number of nitrogens with zero attached hydrogens (tertiary/aromatic N) is 1. The van der Waals surface area contributed by atoms with Gasteiger partial charge in [-0.2, -0.15) is 0 Å². The van der Waals surface area contributed by atoms with Crippen LogP contribution in [0.1, 0.15) is 40.7 Å². The second-order valence-electron chi connectivity index (χ2n) is 6.46. The second kappa shape index (κ2) is 8.47. The fourth-order valence-electron chi connectivity index (χ4n) is 3.14. The fourth-order valence-corrected chi connectivity index (χ4v) is 3.14. The molecule has 0 saturated carbocycles. The Labute approximate surface area is 148 Å². The second-order valence-corrected chi connectivity index (χ2v) is 6.46. The van der Waals surface area contributed by atoms with E-state index in [1.54, 1.807) is 0 Å². The smallest absolute Gasteiger partial charge is 0.251 e. The zero-order chi connectivity index (χ0) is 17.5. The summed E-state index contributed by atoms with van der Waals surface area (Å²) in [5.74, 6) is 0.151. The number of carbonyl (C=O) groups excluding carboxylic acids is 2. The van der Waals surface area contributed by atoms with Crippen molar-refractivity contribution in [3.63, 3.8) is 0 Å². The topological polar surface area (TPSA) is 49.4 Å². The van der Waals surface area contributed by atoms with E-state index in [4.69, 9.17) is 0 Å². The summed E-state index contributed by atoms with van der Waals surface area (Å²) in [5, 5.41) is 2.98. The molecular weight excluding hydrogens is 312 g/mol. The van der Waals surface area contributed by atoms with Crippen molar-refractivity contribution in [1.29, 1.82) is 0 Å². The maximum Gasteiger partial charge on any atom is 0.251 e. The number of aryl methyl sites for hydroxylation is 1. The molecule has 2 aromatic carbocycles. The van der Waals surface area contributed by atoms with Gasteiger partial charge in [-0.1, -0.05) is 42.5 Å². The van der Waals surface area contributed by atoms with Crippen LogP contribution in [0.25, 0.3) is 0 Å². The number of benzene rings is 2. The number of nitrogens with one attached hydrogen (secondary N) is 1. The minimum absolute atomic E-state index is 0.0531. The van der Waals surface area contributed by atoms with Gasteiger partial charge in [-0.15, -0.1) is 0 Å². The molecule has 0 aromatic heterocycles. The highest BCUT2D eigenvalue weighted by molar-refractivity contribution is 5.94. The number of hydrogen-bond acceptors (Lipinski definition) is 2. The molecule has 25 heavy (non-hydrogen) atoms. The third-order valence-corrected chi connectivity index (χ3v) is 4.50. The molecule has 2 amide bonds. The molecule has 1 fully saturated rings. The number of carbonyl (C=O) groups is 2. The summed E-state index contributed by atoms with van der Waals surface area (Å²) in [6.45, 7) is 2.06. The summed E-state index contributed by atoms with van der Waals surface area (Å²) in [7, 11) is 0. The van der Waals surface area contributed by atoms with E-state index in [-0.39, 0.29) is 11.8 Å². The Morgan fingerprint density at radius 2 is 1.84 bits per heavy atom. The lowest BCUT2D eigenvalue weighted by Crippen LogP contribution is -2.26. The molecule has 1 aliphatic heterocycles. The third-order valence-electron chi connectivity index (χ3n) is 4.50. The van der Waals surface area contributed by atoms with E-state index in [0.717, 1.165) is 31.4 Å². The summed E-state index contributed by atoms with van der Waals surface area (Å²) in [4.78, 5) is 25.9. The van der Waals surface area contributed by atoms with Crippen molar-refractivity contribution in [3.8, 4) is 0 Å². The summed E-state index contributed by atoms with van der Waals surface area (Å²) >= 11 is 0. The van der Waals surface area contributed by atoms with Gasteiger partial charge in [-0.05, 0) is 42.5 Å². The zero-order valence-electron chi connectivity index (χ0n) is 14.4. The number of likely N-dealkylation sites (tertiary alicyclic amines) is 1. The van der Waals surface area contributed by atoms with E-state index in [0.29, 0.717) is 25.1 Å². The highest BCUT2D eigenvalue weighted by Gasteiger charge is 2.20. The molecule has 0 bridgehead atoms. The first-order valence-corrected chi connectivity index (χ1v) is 8.91. The van der Waals surface area contributed by atoms with Gasteiger partial charge < -0.3 is 10.2 Å². The molecule has 1 aliphatic rings. The first kappa shape index (κ1) is 17.2. The van der Waals surface area contributed by atoms with Crippen LogP contribution < -0.4 is 5.32 Å². The van der Waals surface area contributed by atoms with Crippen molar-refractivity contribution in [2.24, 2.45) is 0 Å². The van der Waals surface area contributed by atoms with Crippen molar-refractivity contribution >= 4 is 11.8 Å². The fraction of sp³-hybridized carbons (Fsp3) is 0.333. The Hall–Kier alpha value is -2.62. The van der Waals surface area contributed by atoms with Crippen LogP contribution in [-0.4, -0.2) is 29.8 Å². The predicted octanol–water partition coefficient (Wildman–Crippen LogP) is 3.17. The Kier molecular flexibility index (Phi) is 5.83. The van der Waals surface area contributed by atoms with Gasteiger partial charge in [0.1, 0.15) is 0 Å². The van der Waals surface area contributed by atoms with Crippen LogP contribution in [0.3, 0.4) is 0 Å². The predicted molar refractivity (Wildman–Crippen MR) is 98.2 cm³/mol. The Morgan fingerprint density at radius 1 is 1.04 bits per heavy atom. The quantitative estimate of drug-likeness (QED) is 0.790. The largest absolute Gasteiger partial charge is 0.352 e. The van der Waals surface area contributed by atoms with Crippen LogP contribution >= 0.6 is 0 Å². The Balaban J connectivity index is 1.48. The van der Waals surface area contributed by atoms with E-state index >= 15 is 0 Å². The maximum atomic E-state index is 12.3. The lowest BCUT2D eigenvalue weighted by Gasteiger charge is -2.16. The van der Waals surface area contributed by atoms with Crippen LogP contribution in [0.15, 0.2) is 54.6 Å². The lowest BCUT2D eigenvalue weighted by molar-refractivity contribution is -0.128. The van der Waals surface area contributed by atoms with E-state index < -0.39 is 0 Å². The van der Waals surface area contributed by atoms with Crippen LogP contribution in [-0.2, 0) is 17.8 Å². The van der Waals surface area contributed by atoms with Crippen LogP contribution in [0, 0.1) is 0 Å². The first-order chi connectivity index (χ1) is 12.2. The molecule has 1 heterocycles. The van der Waals surface area contributed by atoms with Gasteiger partial charge in [0.05, 0.1) is 0 Å². The van der Waals surface area contributed by atoms with E-state index in [2.05, 4.69) is 17.4 Å². The third kappa shape index (κ3) is 4.92. The van der Waals surface area contributed by atoms with E-state index in [1.165, 1.54) is 5.56 Å². The van der Waals surface area contributed by atoms with Crippen molar-refractivity contribution in [2.45, 2.75) is 32.2 Å². The highest BCUT2D eigenvalue weighted by Crippen LogP contribution is 2.15. The molecule has 130 valence electrons. The molecule has 4 nitrogen and oxygen atoms in total. The van der Waals surface area contributed by atoms with Crippen molar-refractivity contribution in [1.82, 2.24) is 10.2 Å². The van der Waals surface area contributed by atoms with Gasteiger partial charge in [-0.25, -0.2) is 0 Å². The minimum Gasteiger partial charge on any atom is -0.352 e. The van der Waals surface area contributed by atoms with Crippen molar-refractivity contribution in [3.05, 3.63) is 71.3 Å². The monoisotopic (exact) mass is 336 g/mol. The van der Waals surface area contributed by atoms with Crippen molar-refractivity contribution in [2.75, 3.05) is 13.1 Å². The van der Waals surface area contributed by atoms with Gasteiger partial charge in [-0.3, -0.25) is 9.59 Å². The summed E-state index contributed by atoms with van der Waals surface area (Å²) in [6, 6.07) is 17.8. The first-order valence-electron chi connectivity index (χ1n) is 8.91. The van der Waals surface area contributed by atoms with E-state index in [9.17, 15) is 9.59 Å². The average molecular weight is 336 g/mol. The number of amides is 2. The summed E-state index contributed by atoms with van der Waals surface area (Å²) in [5.41, 5.74) is 2.95. The molecule has 0 spiro atoms. The standard InChI is InChI=1S/C21H24N2O2/c24-20-12-6-14-23(20)16-18-9-4-11-19(15-18)21(25)22-13-5-10-17-7-2-1-3-8-17/h1-4,7-9,11,15H,5-6,10,12-14,16H2,(H,22,25). The average Bonchev–Trinajstić information content (AvgIpc) is 3.04. The summed E-state index contributed by atoms with van der Waals surface area (Å²) in [6.07, 6.45) is 3.44. The molecule has 1 saturated heterocycles. The SMILES string of the molecule is O=C(NCCCc1ccccc1)c1cccc(CN2CCCC2=O)c1. The van der Waals surface area contributed by atoms with E-state index in [1.807, 2.05) is 47.4 Å². The minimum atomic E-state index is -0.0531. The zero-order valence-corrected chi connectivity index (χ0v) is 14.4. The van der Waals surface area contributed by atoms with Crippen LogP contribution in [0.2, 0.25) is 0 Å². The molecule has 0 atom stereocenters.